The highest BCUT2D eigenvalue weighted by molar-refractivity contribution is 7.22. The molecule has 2 aromatic carbocycles. The van der Waals surface area contributed by atoms with E-state index in [-0.39, 0.29) is 5.91 Å². The van der Waals surface area contributed by atoms with E-state index in [1.54, 1.807) is 18.4 Å². The van der Waals surface area contributed by atoms with Gasteiger partial charge in [0.25, 0.3) is 0 Å². The van der Waals surface area contributed by atoms with Crippen LogP contribution in [0.5, 0.6) is 5.75 Å². The summed E-state index contributed by atoms with van der Waals surface area (Å²) >= 11 is 7.84. The van der Waals surface area contributed by atoms with Crippen molar-refractivity contribution >= 4 is 44.2 Å². The van der Waals surface area contributed by atoms with Crippen LogP contribution in [0.25, 0.3) is 10.2 Å². The van der Waals surface area contributed by atoms with Gasteiger partial charge >= 0.3 is 0 Å². The summed E-state index contributed by atoms with van der Waals surface area (Å²) in [6.45, 7) is 6.97. The number of amides is 1. The monoisotopic (exact) mass is 473 g/mol. The first-order valence-electron chi connectivity index (χ1n) is 10.8. The Bertz CT molecular complexity index is 1060. The lowest BCUT2D eigenvalue weighted by Gasteiger charge is -2.27. The van der Waals surface area contributed by atoms with Crippen LogP contribution in [-0.4, -0.2) is 62.3 Å². The Morgan fingerprint density at radius 2 is 1.97 bits per heavy atom. The fourth-order valence-corrected chi connectivity index (χ4v) is 5.04. The zero-order valence-electron chi connectivity index (χ0n) is 18.5. The van der Waals surface area contributed by atoms with Gasteiger partial charge < -0.3 is 9.47 Å². The number of hydrogen-bond donors (Lipinski definition) is 0. The number of methoxy groups -OCH3 is 1. The first-order valence-corrected chi connectivity index (χ1v) is 12.0. The minimum absolute atomic E-state index is 0.0416. The molecule has 1 saturated heterocycles. The number of carbonyl (C=O) groups excluding carboxylic acids is 1. The van der Waals surface area contributed by atoms with E-state index in [4.69, 9.17) is 26.1 Å². The number of ether oxygens (including phenoxy) is 2. The molecule has 1 aliphatic heterocycles. The number of morpholine rings is 1. The van der Waals surface area contributed by atoms with Gasteiger partial charge in [0.1, 0.15) is 5.75 Å². The lowest BCUT2D eigenvalue weighted by Crippen LogP contribution is -2.39. The second kappa shape index (κ2) is 10.6. The van der Waals surface area contributed by atoms with E-state index in [1.165, 1.54) is 0 Å². The summed E-state index contributed by atoms with van der Waals surface area (Å²) in [7, 11) is 1.64. The summed E-state index contributed by atoms with van der Waals surface area (Å²) in [5.74, 6) is 0.821. The SMILES string of the molecule is COc1ccc(CC(=O)N(CCCN2CCOCC2)c2nc3c(C)c(Cl)ccc3s2)cc1. The molecule has 0 N–H and O–H groups in total. The van der Waals surface area contributed by atoms with E-state index in [9.17, 15) is 4.79 Å². The zero-order valence-corrected chi connectivity index (χ0v) is 20.0. The number of anilines is 1. The van der Waals surface area contributed by atoms with Crippen molar-refractivity contribution in [1.82, 2.24) is 9.88 Å². The van der Waals surface area contributed by atoms with Gasteiger partial charge in [-0.2, -0.15) is 0 Å². The average Bonchev–Trinajstić information content (AvgIpc) is 3.25. The molecule has 3 aromatic rings. The van der Waals surface area contributed by atoms with Crippen LogP contribution in [0.15, 0.2) is 36.4 Å². The number of fused-ring (bicyclic) bond motifs is 1. The maximum absolute atomic E-state index is 13.4. The van der Waals surface area contributed by atoms with Crippen LogP contribution in [0.3, 0.4) is 0 Å². The van der Waals surface area contributed by atoms with Crippen LogP contribution in [0, 0.1) is 6.92 Å². The summed E-state index contributed by atoms with van der Waals surface area (Å²) in [6.07, 6.45) is 1.20. The van der Waals surface area contributed by atoms with Crippen LogP contribution in [0.1, 0.15) is 17.5 Å². The van der Waals surface area contributed by atoms with Crippen LogP contribution in [-0.2, 0) is 16.0 Å². The Labute approximate surface area is 197 Å². The summed E-state index contributed by atoms with van der Waals surface area (Å²) < 4.78 is 11.7. The number of nitrogens with zero attached hydrogens (tertiary/aromatic N) is 3. The lowest BCUT2D eigenvalue weighted by atomic mass is 10.1. The molecule has 0 atom stereocenters. The van der Waals surface area contributed by atoms with Gasteiger partial charge in [-0.05, 0) is 48.7 Å². The van der Waals surface area contributed by atoms with Gasteiger partial charge in [-0.15, -0.1) is 0 Å². The van der Waals surface area contributed by atoms with Crippen LogP contribution in [0.4, 0.5) is 5.13 Å². The number of halogens is 1. The van der Waals surface area contributed by atoms with Gasteiger partial charge in [0.15, 0.2) is 5.13 Å². The predicted molar refractivity (Wildman–Crippen MR) is 130 cm³/mol. The largest absolute Gasteiger partial charge is 0.497 e. The molecule has 8 heteroatoms. The predicted octanol–water partition coefficient (Wildman–Crippen LogP) is 4.56. The Hall–Kier alpha value is -2.19. The zero-order chi connectivity index (χ0) is 22.5. The van der Waals surface area contributed by atoms with E-state index >= 15 is 0 Å². The third kappa shape index (κ3) is 5.41. The van der Waals surface area contributed by atoms with Gasteiger partial charge in [0.2, 0.25) is 5.91 Å². The molecule has 0 unspecified atom stereocenters. The van der Waals surface area contributed by atoms with Gasteiger partial charge in [-0.1, -0.05) is 35.1 Å². The van der Waals surface area contributed by atoms with Crippen molar-refractivity contribution in [2.24, 2.45) is 0 Å². The first kappa shape index (κ1) is 23.0. The van der Waals surface area contributed by atoms with Crippen molar-refractivity contribution in [3.05, 3.63) is 52.5 Å². The Morgan fingerprint density at radius 1 is 1.22 bits per heavy atom. The third-order valence-corrected chi connectivity index (χ3v) is 7.20. The smallest absolute Gasteiger partial charge is 0.233 e. The Balaban J connectivity index is 1.53. The van der Waals surface area contributed by atoms with E-state index in [0.29, 0.717) is 18.0 Å². The molecule has 6 nitrogen and oxygen atoms in total. The molecule has 2 heterocycles. The van der Waals surface area contributed by atoms with Gasteiger partial charge in [0, 0.05) is 31.2 Å². The molecule has 0 aliphatic carbocycles. The van der Waals surface area contributed by atoms with Crippen LogP contribution in [0.2, 0.25) is 5.02 Å². The molecule has 0 saturated carbocycles. The molecule has 0 bridgehead atoms. The van der Waals surface area contributed by atoms with E-state index in [1.807, 2.05) is 48.2 Å². The molecular weight excluding hydrogens is 446 g/mol. The molecule has 32 heavy (non-hydrogen) atoms. The minimum Gasteiger partial charge on any atom is -0.497 e. The number of thiazole rings is 1. The van der Waals surface area contributed by atoms with Crippen molar-refractivity contribution in [1.29, 1.82) is 0 Å². The van der Waals surface area contributed by atoms with Crippen LogP contribution < -0.4 is 9.64 Å². The molecule has 0 spiro atoms. The number of carbonyl (C=O) groups is 1. The van der Waals surface area contributed by atoms with Crippen molar-refractivity contribution in [2.45, 2.75) is 19.8 Å². The third-order valence-electron chi connectivity index (χ3n) is 5.74. The summed E-state index contributed by atoms with van der Waals surface area (Å²) in [5, 5.41) is 1.42. The van der Waals surface area contributed by atoms with Crippen molar-refractivity contribution in [3.63, 3.8) is 0 Å². The highest BCUT2D eigenvalue weighted by Gasteiger charge is 2.21. The molecule has 170 valence electrons. The number of benzene rings is 2. The summed E-state index contributed by atoms with van der Waals surface area (Å²) in [5.41, 5.74) is 2.77. The number of aromatic nitrogens is 1. The minimum atomic E-state index is 0.0416. The van der Waals surface area contributed by atoms with Crippen LogP contribution >= 0.6 is 22.9 Å². The van der Waals surface area contributed by atoms with Gasteiger partial charge in [0.05, 0.1) is 37.0 Å². The molecule has 1 amide bonds. The maximum Gasteiger partial charge on any atom is 0.233 e. The van der Waals surface area contributed by atoms with Crippen molar-refractivity contribution in [2.75, 3.05) is 51.4 Å². The highest BCUT2D eigenvalue weighted by Crippen LogP contribution is 2.34. The summed E-state index contributed by atoms with van der Waals surface area (Å²) in [6, 6.07) is 11.5. The molecule has 4 rings (SSSR count). The Morgan fingerprint density at radius 3 is 2.69 bits per heavy atom. The van der Waals surface area contributed by atoms with E-state index in [0.717, 1.165) is 71.5 Å². The fourth-order valence-electron chi connectivity index (χ4n) is 3.82. The first-order chi connectivity index (χ1) is 15.5. The normalized spacial score (nSPS) is 14.6. The number of rotatable bonds is 8. The number of aryl methyl sites for hydroxylation is 1. The average molecular weight is 474 g/mol. The second-order valence-electron chi connectivity index (χ2n) is 7.89. The Kier molecular flexibility index (Phi) is 7.63. The van der Waals surface area contributed by atoms with Crippen molar-refractivity contribution in [3.8, 4) is 5.75 Å². The maximum atomic E-state index is 13.4. The lowest BCUT2D eigenvalue weighted by molar-refractivity contribution is -0.118. The van der Waals surface area contributed by atoms with Gasteiger partial charge in [-0.25, -0.2) is 4.98 Å². The molecule has 1 aliphatic rings. The van der Waals surface area contributed by atoms with Crippen molar-refractivity contribution < 1.29 is 14.3 Å². The molecule has 1 fully saturated rings. The van der Waals surface area contributed by atoms with Gasteiger partial charge in [-0.3, -0.25) is 14.6 Å². The standard InChI is InChI=1S/C24H28ClN3O3S/c1-17-20(25)8-9-21-23(17)26-24(32-21)28(11-3-10-27-12-14-31-15-13-27)22(29)16-18-4-6-19(30-2)7-5-18/h4-9H,3,10-16H2,1-2H3. The highest BCUT2D eigenvalue weighted by atomic mass is 35.5. The molecule has 1 aromatic heterocycles. The van der Waals surface area contributed by atoms with E-state index in [2.05, 4.69) is 4.90 Å². The summed E-state index contributed by atoms with van der Waals surface area (Å²) in [4.78, 5) is 22.4. The molecule has 0 radical (unpaired) electrons. The molecular formula is C24H28ClN3O3S. The second-order valence-corrected chi connectivity index (χ2v) is 9.31. The quantitative estimate of drug-likeness (QED) is 0.480. The van der Waals surface area contributed by atoms with E-state index < -0.39 is 0 Å². The fraction of sp³-hybridized carbons (Fsp3) is 0.417. The topological polar surface area (TPSA) is 54.9 Å². The number of hydrogen-bond acceptors (Lipinski definition) is 6.